The Morgan fingerprint density at radius 3 is 2.95 bits per heavy atom. The Balaban J connectivity index is 1.63. The highest BCUT2D eigenvalue weighted by Crippen LogP contribution is 2.31. The zero-order chi connectivity index (χ0) is 14.5. The van der Waals surface area contributed by atoms with Gasteiger partial charge in [0.2, 0.25) is 5.91 Å². The van der Waals surface area contributed by atoms with Gasteiger partial charge in [-0.25, -0.2) is 0 Å². The number of benzene rings is 1. The highest BCUT2D eigenvalue weighted by atomic mass is 32.1. The molecule has 0 bridgehead atoms. The second-order valence-corrected chi connectivity index (χ2v) is 6.35. The number of hydrogen-bond donors (Lipinski definition) is 2. The maximum absolute atomic E-state index is 12.2. The zero-order valence-electron chi connectivity index (χ0n) is 12.0. The number of anilines is 1. The lowest BCUT2D eigenvalue weighted by molar-refractivity contribution is -0.116. The summed E-state index contributed by atoms with van der Waals surface area (Å²) in [5.74, 6) is 0.104. The number of carbonyl (C=O) groups excluding carboxylic acids is 1. The first-order valence-corrected chi connectivity index (χ1v) is 8.37. The minimum absolute atomic E-state index is 0.104. The van der Waals surface area contributed by atoms with Gasteiger partial charge < -0.3 is 10.6 Å². The van der Waals surface area contributed by atoms with Gasteiger partial charge in [-0.15, -0.1) is 11.3 Å². The van der Waals surface area contributed by atoms with Gasteiger partial charge in [0.25, 0.3) is 0 Å². The molecular formula is C17H20N2OS. The molecule has 2 aromatic rings. The number of carbonyl (C=O) groups is 1. The lowest BCUT2D eigenvalue weighted by Crippen LogP contribution is -2.23. The zero-order valence-corrected chi connectivity index (χ0v) is 12.8. The van der Waals surface area contributed by atoms with E-state index in [2.05, 4.69) is 28.1 Å². The van der Waals surface area contributed by atoms with Gasteiger partial charge in [0, 0.05) is 28.6 Å². The topological polar surface area (TPSA) is 41.1 Å². The van der Waals surface area contributed by atoms with Crippen molar-refractivity contribution in [3.63, 3.8) is 0 Å². The molecular weight excluding hydrogens is 280 g/mol. The quantitative estimate of drug-likeness (QED) is 0.879. The van der Waals surface area contributed by atoms with Crippen molar-refractivity contribution in [2.24, 2.45) is 0 Å². The van der Waals surface area contributed by atoms with Crippen molar-refractivity contribution in [1.82, 2.24) is 5.32 Å². The van der Waals surface area contributed by atoms with Crippen LogP contribution >= 0.6 is 11.3 Å². The van der Waals surface area contributed by atoms with E-state index >= 15 is 0 Å². The molecule has 1 aliphatic heterocycles. The van der Waals surface area contributed by atoms with Crippen LogP contribution in [-0.4, -0.2) is 18.5 Å². The van der Waals surface area contributed by atoms with Crippen molar-refractivity contribution in [1.29, 1.82) is 0 Å². The first kappa shape index (κ1) is 14.3. The molecule has 3 nitrogen and oxygen atoms in total. The molecule has 3 rings (SSSR count). The summed E-state index contributed by atoms with van der Waals surface area (Å²) < 4.78 is 0. The summed E-state index contributed by atoms with van der Waals surface area (Å²) in [6.07, 6.45) is 3.93. The molecule has 4 heteroatoms. The molecule has 1 amide bonds. The van der Waals surface area contributed by atoms with Crippen molar-refractivity contribution < 1.29 is 4.79 Å². The Hall–Kier alpha value is -1.65. The normalized spacial score (nSPS) is 17.8. The van der Waals surface area contributed by atoms with Crippen molar-refractivity contribution in [2.75, 3.05) is 11.9 Å². The summed E-state index contributed by atoms with van der Waals surface area (Å²) in [6.45, 7) is 1.09. The lowest BCUT2D eigenvalue weighted by Gasteiger charge is -2.12. The summed E-state index contributed by atoms with van der Waals surface area (Å²) in [5.41, 5.74) is 2.00. The number of amides is 1. The van der Waals surface area contributed by atoms with E-state index in [1.807, 2.05) is 24.3 Å². The maximum Gasteiger partial charge on any atom is 0.224 e. The second-order valence-electron chi connectivity index (χ2n) is 5.40. The van der Waals surface area contributed by atoms with Crippen molar-refractivity contribution in [3.05, 3.63) is 41.8 Å². The van der Waals surface area contributed by atoms with Crippen LogP contribution in [0.15, 0.2) is 41.8 Å². The van der Waals surface area contributed by atoms with Crippen LogP contribution in [0.2, 0.25) is 0 Å². The van der Waals surface area contributed by atoms with Crippen molar-refractivity contribution in [2.45, 2.75) is 31.7 Å². The van der Waals surface area contributed by atoms with E-state index in [9.17, 15) is 4.79 Å². The first-order chi connectivity index (χ1) is 10.3. The lowest BCUT2D eigenvalue weighted by atomic mass is 10.1. The predicted octanol–water partition coefficient (Wildman–Crippen LogP) is 3.89. The number of rotatable bonds is 5. The summed E-state index contributed by atoms with van der Waals surface area (Å²) in [4.78, 5) is 13.3. The van der Waals surface area contributed by atoms with E-state index in [0.29, 0.717) is 12.5 Å². The average molecular weight is 300 g/mol. The van der Waals surface area contributed by atoms with Crippen LogP contribution in [-0.2, 0) is 4.79 Å². The van der Waals surface area contributed by atoms with Gasteiger partial charge in [-0.2, -0.15) is 0 Å². The van der Waals surface area contributed by atoms with Crippen molar-refractivity contribution >= 4 is 22.9 Å². The Labute approximate surface area is 129 Å². The van der Waals surface area contributed by atoms with Crippen LogP contribution < -0.4 is 10.6 Å². The fourth-order valence-electron chi connectivity index (χ4n) is 2.76. The third-order valence-corrected chi connectivity index (χ3v) is 4.77. The smallest absolute Gasteiger partial charge is 0.224 e. The summed E-state index contributed by atoms with van der Waals surface area (Å²) in [7, 11) is 0. The Bertz CT molecular complexity index is 589. The summed E-state index contributed by atoms with van der Waals surface area (Å²) >= 11 is 1.69. The van der Waals surface area contributed by atoms with E-state index in [-0.39, 0.29) is 5.91 Å². The Morgan fingerprint density at radius 1 is 1.29 bits per heavy atom. The van der Waals surface area contributed by atoms with Gasteiger partial charge in [0.05, 0.1) is 0 Å². The molecule has 1 aromatic carbocycles. The number of hydrogen-bond acceptors (Lipinski definition) is 3. The molecule has 2 heterocycles. The van der Waals surface area contributed by atoms with Crippen LogP contribution in [0.1, 0.15) is 25.7 Å². The van der Waals surface area contributed by atoms with Gasteiger partial charge in [-0.3, -0.25) is 4.79 Å². The van der Waals surface area contributed by atoms with E-state index in [0.717, 1.165) is 24.2 Å². The molecule has 0 spiro atoms. The summed E-state index contributed by atoms with van der Waals surface area (Å²) in [6, 6.07) is 12.6. The van der Waals surface area contributed by atoms with E-state index in [1.54, 1.807) is 11.3 Å². The predicted molar refractivity (Wildman–Crippen MR) is 88.6 cm³/mol. The van der Waals surface area contributed by atoms with Crippen LogP contribution in [0.3, 0.4) is 0 Å². The van der Waals surface area contributed by atoms with Gasteiger partial charge in [0.15, 0.2) is 0 Å². The third-order valence-electron chi connectivity index (χ3n) is 3.87. The van der Waals surface area contributed by atoms with Crippen LogP contribution in [0.25, 0.3) is 10.4 Å². The van der Waals surface area contributed by atoms with Crippen LogP contribution in [0.5, 0.6) is 0 Å². The molecule has 21 heavy (non-hydrogen) atoms. The van der Waals surface area contributed by atoms with Crippen molar-refractivity contribution in [3.8, 4) is 10.4 Å². The van der Waals surface area contributed by atoms with E-state index < -0.39 is 0 Å². The molecule has 1 aliphatic rings. The molecule has 1 fully saturated rings. The SMILES string of the molecule is O=C(CCC1CCCN1)Nc1ccccc1-c1cccs1. The molecule has 110 valence electrons. The number of nitrogens with one attached hydrogen (secondary N) is 2. The molecule has 0 aliphatic carbocycles. The highest BCUT2D eigenvalue weighted by molar-refractivity contribution is 7.13. The molecule has 1 aromatic heterocycles. The summed E-state index contributed by atoms with van der Waals surface area (Å²) in [5, 5.41) is 8.55. The van der Waals surface area contributed by atoms with Gasteiger partial charge in [0.1, 0.15) is 0 Å². The minimum Gasteiger partial charge on any atom is -0.325 e. The van der Waals surface area contributed by atoms with Crippen LogP contribution in [0, 0.1) is 0 Å². The largest absolute Gasteiger partial charge is 0.325 e. The van der Waals surface area contributed by atoms with Gasteiger partial charge in [-0.05, 0) is 43.3 Å². The molecule has 1 atom stereocenters. The first-order valence-electron chi connectivity index (χ1n) is 7.49. The fourth-order valence-corrected chi connectivity index (χ4v) is 3.53. The second kappa shape index (κ2) is 6.87. The fraction of sp³-hybridized carbons (Fsp3) is 0.353. The Kier molecular flexibility index (Phi) is 4.68. The van der Waals surface area contributed by atoms with E-state index in [4.69, 9.17) is 0 Å². The molecule has 0 saturated carbocycles. The van der Waals surface area contributed by atoms with E-state index in [1.165, 1.54) is 17.7 Å². The third kappa shape index (κ3) is 3.71. The number of para-hydroxylation sites is 1. The average Bonchev–Trinajstić information content (AvgIpc) is 3.19. The van der Waals surface area contributed by atoms with Crippen LogP contribution in [0.4, 0.5) is 5.69 Å². The minimum atomic E-state index is 0.104. The standard InChI is InChI=1S/C17H20N2OS/c20-17(10-9-13-5-3-11-18-13)19-15-7-2-1-6-14(15)16-8-4-12-21-16/h1-2,4,6-8,12-13,18H,3,5,9-11H2,(H,19,20). The van der Waals surface area contributed by atoms with Gasteiger partial charge >= 0.3 is 0 Å². The molecule has 1 unspecified atom stereocenters. The Morgan fingerprint density at radius 2 is 2.19 bits per heavy atom. The van der Waals surface area contributed by atoms with Gasteiger partial charge in [-0.1, -0.05) is 24.3 Å². The monoisotopic (exact) mass is 300 g/mol. The molecule has 0 radical (unpaired) electrons. The highest BCUT2D eigenvalue weighted by Gasteiger charge is 2.16. The molecule has 1 saturated heterocycles. The maximum atomic E-state index is 12.2. The number of thiophene rings is 1. The molecule has 2 N–H and O–H groups in total.